The molecule has 1 aromatic heterocycles. The molecule has 1 N–H and O–H groups in total. The fourth-order valence-corrected chi connectivity index (χ4v) is 2.13. The van der Waals surface area contributed by atoms with Gasteiger partial charge in [0.15, 0.2) is 0 Å². The minimum absolute atomic E-state index is 0.0829. The largest absolute Gasteiger partial charge is 0.418 e. The summed E-state index contributed by atoms with van der Waals surface area (Å²) in [5.74, 6) is 0. The Labute approximate surface area is 117 Å². The number of aromatic nitrogens is 1. The minimum Gasteiger partial charge on any atom is -0.380 e. The van der Waals surface area contributed by atoms with Gasteiger partial charge in [0.25, 0.3) is 0 Å². The number of hydrogen-bond donors (Lipinski definition) is 1. The molecular weight excluding hydrogens is 321 g/mol. The van der Waals surface area contributed by atoms with Gasteiger partial charge in [-0.1, -0.05) is 15.9 Å². The number of benzene rings is 1. The van der Waals surface area contributed by atoms with Gasteiger partial charge >= 0.3 is 6.18 Å². The predicted octanol–water partition coefficient (Wildman–Crippen LogP) is 4.42. The number of hydrogen-bond acceptors (Lipinski definition) is 1. The van der Waals surface area contributed by atoms with E-state index in [0.29, 0.717) is 11.0 Å². The van der Waals surface area contributed by atoms with Gasteiger partial charge in [-0.05, 0) is 29.8 Å². The van der Waals surface area contributed by atoms with Crippen molar-refractivity contribution >= 4 is 21.6 Å². The maximum Gasteiger partial charge on any atom is 0.418 e. The van der Waals surface area contributed by atoms with Crippen LogP contribution in [0.3, 0.4) is 0 Å². The van der Waals surface area contributed by atoms with Crippen LogP contribution < -0.4 is 5.32 Å². The van der Waals surface area contributed by atoms with Crippen molar-refractivity contribution in [3.8, 4) is 0 Å². The summed E-state index contributed by atoms with van der Waals surface area (Å²) in [6, 6.07) is 5.95. The van der Waals surface area contributed by atoms with Crippen molar-refractivity contribution in [1.82, 2.24) is 4.57 Å². The Balaban J connectivity index is 2.20. The highest BCUT2D eigenvalue weighted by Gasteiger charge is 2.33. The summed E-state index contributed by atoms with van der Waals surface area (Å²) in [5, 5.41) is 2.82. The minimum atomic E-state index is -4.37. The van der Waals surface area contributed by atoms with Crippen molar-refractivity contribution in [2.75, 3.05) is 5.32 Å². The first-order valence-corrected chi connectivity index (χ1v) is 6.37. The molecule has 0 amide bonds. The number of rotatable bonds is 3. The summed E-state index contributed by atoms with van der Waals surface area (Å²) in [4.78, 5) is 0. The zero-order valence-corrected chi connectivity index (χ0v) is 11.7. The van der Waals surface area contributed by atoms with Crippen LogP contribution in [0, 0.1) is 0 Å². The molecule has 6 heteroatoms. The highest BCUT2D eigenvalue weighted by atomic mass is 79.9. The Hall–Kier alpha value is -1.43. The van der Waals surface area contributed by atoms with Gasteiger partial charge in [-0.15, -0.1) is 0 Å². The van der Waals surface area contributed by atoms with Gasteiger partial charge in [-0.3, -0.25) is 0 Å². The standard InChI is InChI=1S/C13H12BrF3N2/c1-19-5-4-9(8-19)7-18-12-3-2-10(14)6-11(12)13(15,16)17/h2-6,8,18H,7H2,1H3. The van der Waals surface area contributed by atoms with Gasteiger partial charge in [0, 0.05) is 36.1 Å². The van der Waals surface area contributed by atoms with E-state index < -0.39 is 11.7 Å². The Morgan fingerprint density at radius 1 is 1.26 bits per heavy atom. The number of nitrogens with one attached hydrogen (secondary N) is 1. The topological polar surface area (TPSA) is 17.0 Å². The van der Waals surface area contributed by atoms with Gasteiger partial charge in [-0.2, -0.15) is 13.2 Å². The molecule has 2 rings (SSSR count). The number of nitrogens with zero attached hydrogens (tertiary/aromatic N) is 1. The van der Waals surface area contributed by atoms with Crippen LogP contribution >= 0.6 is 15.9 Å². The van der Waals surface area contributed by atoms with Crippen molar-refractivity contribution in [2.45, 2.75) is 12.7 Å². The smallest absolute Gasteiger partial charge is 0.380 e. The van der Waals surface area contributed by atoms with E-state index in [9.17, 15) is 13.2 Å². The highest BCUT2D eigenvalue weighted by molar-refractivity contribution is 9.10. The number of alkyl halides is 3. The van der Waals surface area contributed by atoms with Crippen LogP contribution in [0.25, 0.3) is 0 Å². The van der Waals surface area contributed by atoms with Crippen LogP contribution in [0.5, 0.6) is 0 Å². The van der Waals surface area contributed by atoms with Gasteiger partial charge in [0.1, 0.15) is 0 Å². The Kier molecular flexibility index (Phi) is 3.89. The third-order valence-corrected chi connectivity index (χ3v) is 3.16. The first kappa shape index (κ1) is 14.0. The maximum absolute atomic E-state index is 12.9. The van der Waals surface area contributed by atoms with Crippen molar-refractivity contribution in [3.63, 3.8) is 0 Å². The number of aryl methyl sites for hydroxylation is 1. The van der Waals surface area contributed by atoms with Gasteiger partial charge in [-0.25, -0.2) is 0 Å². The van der Waals surface area contributed by atoms with E-state index in [1.807, 2.05) is 30.1 Å². The molecule has 102 valence electrons. The molecule has 0 radical (unpaired) electrons. The maximum atomic E-state index is 12.9. The summed E-state index contributed by atoms with van der Waals surface area (Å²) in [7, 11) is 1.87. The highest BCUT2D eigenvalue weighted by Crippen LogP contribution is 2.36. The summed E-state index contributed by atoms with van der Waals surface area (Å²) in [6.45, 7) is 0.353. The summed E-state index contributed by atoms with van der Waals surface area (Å²) < 4.78 is 40.9. The van der Waals surface area contributed by atoms with Crippen LogP contribution in [0.4, 0.5) is 18.9 Å². The predicted molar refractivity (Wildman–Crippen MR) is 71.9 cm³/mol. The van der Waals surface area contributed by atoms with E-state index >= 15 is 0 Å². The third-order valence-electron chi connectivity index (χ3n) is 2.66. The zero-order chi connectivity index (χ0) is 14.0. The van der Waals surface area contributed by atoms with Crippen molar-refractivity contribution in [2.24, 2.45) is 7.05 Å². The van der Waals surface area contributed by atoms with Crippen molar-refractivity contribution in [3.05, 3.63) is 52.3 Å². The normalized spacial score (nSPS) is 11.6. The molecule has 0 aliphatic heterocycles. The van der Waals surface area contributed by atoms with Crippen molar-refractivity contribution in [1.29, 1.82) is 0 Å². The number of halogens is 4. The molecule has 2 aromatic rings. The summed E-state index contributed by atoms with van der Waals surface area (Å²) >= 11 is 3.06. The van der Waals surface area contributed by atoms with E-state index in [-0.39, 0.29) is 5.69 Å². The van der Waals surface area contributed by atoms with Crippen LogP contribution in [-0.4, -0.2) is 4.57 Å². The average Bonchev–Trinajstić information content (AvgIpc) is 2.72. The second-order valence-corrected chi connectivity index (χ2v) is 5.14. The zero-order valence-electron chi connectivity index (χ0n) is 10.1. The monoisotopic (exact) mass is 332 g/mol. The van der Waals surface area contributed by atoms with Crippen LogP contribution in [0.1, 0.15) is 11.1 Å². The molecule has 0 spiro atoms. The lowest BCUT2D eigenvalue weighted by Gasteiger charge is -2.14. The van der Waals surface area contributed by atoms with Gasteiger partial charge in [0.05, 0.1) is 5.56 Å². The van der Waals surface area contributed by atoms with Crippen LogP contribution in [-0.2, 0) is 19.8 Å². The molecule has 0 fully saturated rings. The van der Waals surface area contributed by atoms with E-state index in [0.717, 1.165) is 11.6 Å². The van der Waals surface area contributed by atoms with E-state index in [1.54, 1.807) is 6.07 Å². The third kappa shape index (κ3) is 3.53. The molecule has 0 bridgehead atoms. The van der Waals surface area contributed by atoms with Gasteiger partial charge < -0.3 is 9.88 Å². The number of anilines is 1. The molecule has 2 nitrogen and oxygen atoms in total. The van der Waals surface area contributed by atoms with E-state index in [1.165, 1.54) is 6.07 Å². The Bertz CT molecular complexity index is 576. The Morgan fingerprint density at radius 3 is 2.58 bits per heavy atom. The van der Waals surface area contributed by atoms with Crippen molar-refractivity contribution < 1.29 is 13.2 Å². The lowest BCUT2D eigenvalue weighted by Crippen LogP contribution is -2.10. The Morgan fingerprint density at radius 2 is 2.00 bits per heavy atom. The first-order chi connectivity index (χ1) is 8.86. The molecule has 0 aliphatic carbocycles. The lowest BCUT2D eigenvalue weighted by molar-refractivity contribution is -0.137. The molecule has 1 heterocycles. The first-order valence-electron chi connectivity index (χ1n) is 5.58. The molecule has 19 heavy (non-hydrogen) atoms. The molecule has 1 aromatic carbocycles. The second-order valence-electron chi connectivity index (χ2n) is 4.23. The SMILES string of the molecule is Cn1ccc(CNc2ccc(Br)cc2C(F)(F)F)c1. The molecule has 0 aliphatic rings. The quantitative estimate of drug-likeness (QED) is 0.880. The molecule has 0 saturated heterocycles. The molecule has 0 atom stereocenters. The van der Waals surface area contributed by atoms with Gasteiger partial charge in [0.2, 0.25) is 0 Å². The summed E-state index contributed by atoms with van der Waals surface area (Å²) in [5.41, 5.74) is 0.343. The van der Waals surface area contributed by atoms with E-state index in [2.05, 4.69) is 21.2 Å². The van der Waals surface area contributed by atoms with Crippen LogP contribution in [0.2, 0.25) is 0 Å². The average molecular weight is 333 g/mol. The fourth-order valence-electron chi connectivity index (χ4n) is 1.77. The molecule has 0 saturated carbocycles. The van der Waals surface area contributed by atoms with Crippen LogP contribution in [0.15, 0.2) is 41.1 Å². The molecule has 0 unspecified atom stereocenters. The fraction of sp³-hybridized carbons (Fsp3) is 0.231. The van der Waals surface area contributed by atoms with E-state index in [4.69, 9.17) is 0 Å². The molecular formula is C13H12BrF3N2. The summed E-state index contributed by atoms with van der Waals surface area (Å²) in [6.07, 6.45) is -0.662. The lowest BCUT2D eigenvalue weighted by atomic mass is 10.1. The second kappa shape index (κ2) is 5.28.